The average molecular weight is 235 g/mol. The van der Waals surface area contributed by atoms with Crippen LogP contribution in [0, 0.1) is 0 Å². The molecule has 1 aliphatic carbocycles. The second-order valence-corrected chi connectivity index (χ2v) is 4.59. The largest absolute Gasteiger partial charge is 0.497 e. The minimum absolute atomic E-state index is 0.220. The number of aliphatic hydroxyl groups is 1. The Morgan fingerprint density at radius 3 is 2.76 bits per heavy atom. The van der Waals surface area contributed by atoms with E-state index in [0.29, 0.717) is 12.6 Å². The maximum atomic E-state index is 8.83. The molecule has 0 aliphatic heterocycles. The Labute approximate surface area is 103 Å². The topological polar surface area (TPSA) is 41.5 Å². The van der Waals surface area contributed by atoms with Crippen LogP contribution >= 0.6 is 0 Å². The lowest BCUT2D eigenvalue weighted by molar-refractivity contribution is 0.280. The highest BCUT2D eigenvalue weighted by molar-refractivity contribution is 5.36. The molecule has 94 valence electrons. The van der Waals surface area contributed by atoms with Gasteiger partial charge in [0.2, 0.25) is 0 Å². The van der Waals surface area contributed by atoms with Crippen LogP contribution < -0.4 is 10.1 Å². The highest BCUT2D eigenvalue weighted by atomic mass is 16.5. The van der Waals surface area contributed by atoms with E-state index in [0.717, 1.165) is 31.4 Å². The Morgan fingerprint density at radius 2 is 2.06 bits per heavy atom. The Bertz CT molecular complexity index is 365. The van der Waals surface area contributed by atoms with Gasteiger partial charge in [0.15, 0.2) is 0 Å². The summed E-state index contributed by atoms with van der Waals surface area (Å²) in [6.07, 6.45) is 4.50. The molecule has 0 aromatic heterocycles. The first-order chi connectivity index (χ1) is 8.33. The lowest BCUT2D eigenvalue weighted by atomic mass is 10.0. The second kappa shape index (κ2) is 6.03. The lowest BCUT2D eigenvalue weighted by Gasteiger charge is -2.14. The molecule has 0 bridgehead atoms. The van der Waals surface area contributed by atoms with Gasteiger partial charge in [0.1, 0.15) is 5.75 Å². The van der Waals surface area contributed by atoms with Crippen molar-refractivity contribution in [3.63, 3.8) is 0 Å². The molecule has 0 amide bonds. The van der Waals surface area contributed by atoms with Crippen molar-refractivity contribution in [3.8, 4) is 5.75 Å². The van der Waals surface area contributed by atoms with E-state index in [-0.39, 0.29) is 6.61 Å². The summed E-state index contributed by atoms with van der Waals surface area (Å²) < 4.78 is 5.26. The van der Waals surface area contributed by atoms with Gasteiger partial charge in [-0.25, -0.2) is 0 Å². The molecule has 1 aromatic rings. The van der Waals surface area contributed by atoms with Gasteiger partial charge in [-0.2, -0.15) is 0 Å². The molecule has 2 N–H and O–H groups in total. The number of ether oxygens (including phenoxy) is 1. The third kappa shape index (κ3) is 3.20. The fraction of sp³-hybridized carbons (Fsp3) is 0.571. The van der Waals surface area contributed by atoms with Crippen molar-refractivity contribution >= 4 is 0 Å². The number of rotatable bonds is 4. The maximum absolute atomic E-state index is 8.83. The highest BCUT2D eigenvalue weighted by Gasteiger charge is 2.15. The molecule has 0 saturated carbocycles. The van der Waals surface area contributed by atoms with Gasteiger partial charge in [0.05, 0.1) is 13.7 Å². The van der Waals surface area contributed by atoms with E-state index in [4.69, 9.17) is 9.84 Å². The minimum atomic E-state index is 0.220. The zero-order chi connectivity index (χ0) is 12.1. The molecular formula is C14H21NO2. The smallest absolute Gasteiger partial charge is 0.119 e. The number of methoxy groups -OCH3 is 1. The number of hydrogen-bond donors (Lipinski definition) is 2. The Morgan fingerprint density at radius 1 is 1.29 bits per heavy atom. The molecule has 1 aliphatic rings. The standard InChI is InChI=1S/C14H21NO2/c1-17-14-7-4-11-2-5-13(15-8-9-16)6-3-12(11)10-14/h4,7,10,13,15-16H,2-3,5-6,8-9H2,1H3. The zero-order valence-corrected chi connectivity index (χ0v) is 10.4. The van der Waals surface area contributed by atoms with Gasteiger partial charge in [0.25, 0.3) is 0 Å². The maximum Gasteiger partial charge on any atom is 0.119 e. The molecule has 0 saturated heterocycles. The van der Waals surface area contributed by atoms with E-state index < -0.39 is 0 Å². The molecule has 0 radical (unpaired) electrons. The molecule has 0 fully saturated rings. The highest BCUT2D eigenvalue weighted by Crippen LogP contribution is 2.24. The first kappa shape index (κ1) is 12.4. The number of fused-ring (bicyclic) bond motifs is 1. The molecule has 3 nitrogen and oxygen atoms in total. The predicted molar refractivity (Wildman–Crippen MR) is 68.5 cm³/mol. The number of benzene rings is 1. The fourth-order valence-electron chi connectivity index (χ4n) is 2.48. The van der Waals surface area contributed by atoms with Gasteiger partial charge in [-0.15, -0.1) is 0 Å². The first-order valence-corrected chi connectivity index (χ1v) is 6.33. The molecular weight excluding hydrogens is 214 g/mol. The minimum Gasteiger partial charge on any atom is -0.497 e. The van der Waals surface area contributed by atoms with Gasteiger partial charge in [-0.3, -0.25) is 0 Å². The Balaban J connectivity index is 2.02. The van der Waals surface area contributed by atoms with Crippen molar-refractivity contribution in [3.05, 3.63) is 29.3 Å². The van der Waals surface area contributed by atoms with Crippen LogP contribution in [0.3, 0.4) is 0 Å². The number of hydrogen-bond acceptors (Lipinski definition) is 3. The van der Waals surface area contributed by atoms with Gasteiger partial charge >= 0.3 is 0 Å². The summed E-state index contributed by atoms with van der Waals surface area (Å²) in [6, 6.07) is 6.91. The van der Waals surface area contributed by atoms with Crippen LogP contribution in [0.5, 0.6) is 5.75 Å². The van der Waals surface area contributed by atoms with E-state index in [9.17, 15) is 0 Å². The first-order valence-electron chi connectivity index (χ1n) is 6.33. The van der Waals surface area contributed by atoms with E-state index >= 15 is 0 Å². The fourth-order valence-corrected chi connectivity index (χ4v) is 2.48. The van der Waals surface area contributed by atoms with Crippen molar-refractivity contribution in [2.45, 2.75) is 31.7 Å². The normalized spacial score (nSPS) is 19.5. The van der Waals surface area contributed by atoms with Gasteiger partial charge in [-0.1, -0.05) is 6.07 Å². The van der Waals surface area contributed by atoms with Crippen LogP contribution in [0.4, 0.5) is 0 Å². The number of aliphatic hydroxyl groups excluding tert-OH is 1. The van der Waals surface area contributed by atoms with Crippen molar-refractivity contribution in [1.82, 2.24) is 5.32 Å². The molecule has 1 aromatic carbocycles. The van der Waals surface area contributed by atoms with Crippen LogP contribution in [0.1, 0.15) is 24.0 Å². The van der Waals surface area contributed by atoms with Crippen molar-refractivity contribution in [2.24, 2.45) is 0 Å². The van der Waals surface area contributed by atoms with Crippen molar-refractivity contribution in [2.75, 3.05) is 20.3 Å². The average Bonchev–Trinajstić information content (AvgIpc) is 2.58. The third-order valence-electron chi connectivity index (χ3n) is 3.48. The monoisotopic (exact) mass is 235 g/mol. The predicted octanol–water partition coefficient (Wildman–Crippen LogP) is 1.52. The molecule has 3 heteroatoms. The second-order valence-electron chi connectivity index (χ2n) is 4.59. The summed E-state index contributed by atoms with van der Waals surface area (Å²) in [6.45, 7) is 0.918. The molecule has 1 atom stereocenters. The van der Waals surface area contributed by atoms with Crippen LogP contribution in [0.15, 0.2) is 18.2 Å². The zero-order valence-electron chi connectivity index (χ0n) is 10.4. The van der Waals surface area contributed by atoms with Gasteiger partial charge in [0, 0.05) is 12.6 Å². The summed E-state index contributed by atoms with van der Waals surface area (Å²) in [5.74, 6) is 0.950. The summed E-state index contributed by atoms with van der Waals surface area (Å²) in [5.41, 5.74) is 2.86. The molecule has 1 unspecified atom stereocenters. The van der Waals surface area contributed by atoms with Gasteiger partial charge in [-0.05, 0) is 48.9 Å². The van der Waals surface area contributed by atoms with Gasteiger partial charge < -0.3 is 15.2 Å². The van der Waals surface area contributed by atoms with E-state index in [1.807, 2.05) is 6.07 Å². The molecule has 17 heavy (non-hydrogen) atoms. The van der Waals surface area contributed by atoms with Crippen molar-refractivity contribution < 1.29 is 9.84 Å². The van der Waals surface area contributed by atoms with Crippen LogP contribution in [-0.2, 0) is 12.8 Å². The van der Waals surface area contributed by atoms with E-state index in [2.05, 4.69) is 17.4 Å². The lowest BCUT2D eigenvalue weighted by Crippen LogP contribution is -2.31. The van der Waals surface area contributed by atoms with Crippen LogP contribution in [0.2, 0.25) is 0 Å². The molecule has 0 spiro atoms. The Hall–Kier alpha value is -1.06. The number of aryl methyl sites for hydroxylation is 2. The SMILES string of the molecule is COc1ccc2c(c1)CCC(NCCO)CC2. The van der Waals surface area contributed by atoms with Crippen LogP contribution in [-0.4, -0.2) is 31.4 Å². The quantitative estimate of drug-likeness (QED) is 0.778. The summed E-state index contributed by atoms with van der Waals surface area (Å²) in [4.78, 5) is 0. The van der Waals surface area contributed by atoms with E-state index in [1.54, 1.807) is 7.11 Å². The summed E-state index contributed by atoms with van der Waals surface area (Å²) in [7, 11) is 1.71. The van der Waals surface area contributed by atoms with E-state index in [1.165, 1.54) is 11.1 Å². The number of nitrogens with one attached hydrogen (secondary N) is 1. The molecule has 2 rings (SSSR count). The third-order valence-corrected chi connectivity index (χ3v) is 3.48. The summed E-state index contributed by atoms with van der Waals surface area (Å²) in [5, 5.41) is 12.2. The van der Waals surface area contributed by atoms with Crippen LogP contribution in [0.25, 0.3) is 0 Å². The summed E-state index contributed by atoms with van der Waals surface area (Å²) >= 11 is 0. The molecule has 0 heterocycles. The Kier molecular flexibility index (Phi) is 4.40. The van der Waals surface area contributed by atoms with Crippen molar-refractivity contribution in [1.29, 1.82) is 0 Å².